The molecule has 0 saturated carbocycles. The number of cyclic esters (lactones) is 1. The molecule has 54 heavy (non-hydrogen) atoms. The van der Waals surface area contributed by atoms with E-state index in [0.29, 0.717) is 18.4 Å². The highest BCUT2D eigenvalue weighted by molar-refractivity contribution is 6.74. The van der Waals surface area contributed by atoms with Crippen LogP contribution in [0.3, 0.4) is 0 Å². The summed E-state index contributed by atoms with van der Waals surface area (Å²) in [5.41, 5.74) is 0.712. The number of esters is 1. The lowest BCUT2D eigenvalue weighted by Crippen LogP contribution is -2.44. The van der Waals surface area contributed by atoms with E-state index in [-0.39, 0.29) is 60.5 Å². The van der Waals surface area contributed by atoms with Gasteiger partial charge in [-0.15, -0.1) is 0 Å². The van der Waals surface area contributed by atoms with Crippen molar-refractivity contribution in [1.29, 1.82) is 0 Å². The maximum Gasteiger partial charge on any atom is 0.334 e. The smallest absolute Gasteiger partial charge is 0.334 e. The zero-order chi connectivity index (χ0) is 39.4. The van der Waals surface area contributed by atoms with Gasteiger partial charge in [0.05, 0.1) is 30.5 Å². The van der Waals surface area contributed by atoms with E-state index in [9.17, 15) is 9.90 Å². The second kappa shape index (κ2) is 24.8. The molecular formula is C45H76O8Si. The lowest BCUT2D eigenvalue weighted by Gasteiger charge is -2.39. The zero-order valence-electron chi connectivity index (χ0n) is 35.4. The molecule has 308 valence electrons. The summed E-state index contributed by atoms with van der Waals surface area (Å²) in [6, 6.07) is 0. The topological polar surface area (TPSA) is 92.7 Å². The van der Waals surface area contributed by atoms with E-state index in [1.165, 1.54) is 57.8 Å². The molecule has 0 aliphatic carbocycles. The number of unbranched alkanes of at least 4 members (excludes halogenated alkanes) is 10. The summed E-state index contributed by atoms with van der Waals surface area (Å²) in [4.78, 5) is 12.3. The fourth-order valence-corrected chi connectivity index (χ4v) is 8.93. The fourth-order valence-electron chi connectivity index (χ4n) is 7.54. The SMILES string of the molecule is CCCCCCCCCCCC[C@@H](OCOC)[C@H]1CC[C@H]([C@H]2CCC[C@@H]([C@@H](O)C#CC#CCCC[C@H](CC3=C[C@H](C)OC3=O)O[Si](C)(C)C(C)(C)C)O2)O1. The molecule has 0 bridgehead atoms. The van der Waals surface area contributed by atoms with Crippen LogP contribution in [0.25, 0.3) is 0 Å². The van der Waals surface area contributed by atoms with Gasteiger partial charge in [0.15, 0.2) is 8.32 Å². The van der Waals surface area contributed by atoms with Crippen LogP contribution in [0.2, 0.25) is 18.1 Å². The monoisotopic (exact) mass is 773 g/mol. The molecule has 8 nitrogen and oxygen atoms in total. The highest BCUT2D eigenvalue weighted by atomic mass is 28.4. The van der Waals surface area contributed by atoms with Crippen LogP contribution in [0, 0.1) is 23.7 Å². The van der Waals surface area contributed by atoms with E-state index in [1.807, 2.05) is 13.0 Å². The van der Waals surface area contributed by atoms with Gasteiger partial charge in [-0.25, -0.2) is 4.79 Å². The molecule has 3 heterocycles. The fraction of sp³-hybridized carbons (Fsp3) is 0.844. The summed E-state index contributed by atoms with van der Waals surface area (Å²) in [5, 5.41) is 11.0. The molecule has 2 saturated heterocycles. The van der Waals surface area contributed by atoms with Gasteiger partial charge in [-0.3, -0.25) is 0 Å². The first-order valence-electron chi connectivity index (χ1n) is 21.5. The number of methoxy groups -OCH3 is 1. The van der Waals surface area contributed by atoms with Crippen molar-refractivity contribution in [3.05, 3.63) is 11.6 Å². The first kappa shape index (κ1) is 46.7. The third-order valence-corrected chi connectivity index (χ3v) is 16.3. The molecule has 0 aromatic heterocycles. The summed E-state index contributed by atoms with van der Waals surface area (Å²) < 4.78 is 36.5. The van der Waals surface area contributed by atoms with Gasteiger partial charge in [-0.1, -0.05) is 104 Å². The van der Waals surface area contributed by atoms with Crippen LogP contribution in [0.4, 0.5) is 0 Å². The van der Waals surface area contributed by atoms with Crippen molar-refractivity contribution in [3.63, 3.8) is 0 Å². The summed E-state index contributed by atoms with van der Waals surface area (Å²) >= 11 is 0. The van der Waals surface area contributed by atoms with E-state index in [4.69, 9.17) is 28.1 Å². The standard InChI is InChI=1S/C45H76O8Si/c1-9-10-11-12-13-14-15-16-20-23-27-40(49-34-48-6)42-30-31-43(52-42)41-29-24-28-39(51-41)38(46)26-22-19-17-18-21-25-37(53-54(7,8)45(3,4)5)33-36-32-35(2)50-44(36)47/h32,35,37-43,46H,9-16,18,20-21,23-25,27-31,33-34H2,1-8H3/t35-,37+,38-,39-,40+,41+,42+,43+/m0/s1. The van der Waals surface area contributed by atoms with Gasteiger partial charge in [0, 0.05) is 31.6 Å². The van der Waals surface area contributed by atoms with Crippen LogP contribution < -0.4 is 0 Å². The van der Waals surface area contributed by atoms with Crippen molar-refractivity contribution >= 4 is 14.3 Å². The Kier molecular flexibility index (Phi) is 21.5. The Hall–Kier alpha value is -1.69. The number of ether oxygens (including phenoxy) is 5. The molecule has 0 aromatic rings. The molecule has 2 fully saturated rings. The van der Waals surface area contributed by atoms with Crippen LogP contribution in [0.1, 0.15) is 163 Å². The van der Waals surface area contributed by atoms with Gasteiger partial charge < -0.3 is 33.2 Å². The van der Waals surface area contributed by atoms with Crippen LogP contribution in [-0.2, 0) is 32.9 Å². The van der Waals surface area contributed by atoms with Gasteiger partial charge in [-0.2, -0.15) is 0 Å². The van der Waals surface area contributed by atoms with Crippen LogP contribution >= 0.6 is 0 Å². The summed E-state index contributed by atoms with van der Waals surface area (Å²) in [6.07, 6.45) is 22.0. The molecule has 9 heteroatoms. The maximum atomic E-state index is 12.3. The van der Waals surface area contributed by atoms with Crippen molar-refractivity contribution in [2.45, 2.75) is 230 Å². The second-order valence-electron chi connectivity index (χ2n) is 17.4. The van der Waals surface area contributed by atoms with Gasteiger partial charge in [0.2, 0.25) is 0 Å². The predicted molar refractivity (Wildman–Crippen MR) is 219 cm³/mol. The predicted octanol–water partition coefficient (Wildman–Crippen LogP) is 9.96. The molecule has 3 rings (SSSR count). The van der Waals surface area contributed by atoms with Crippen LogP contribution in [0.15, 0.2) is 11.6 Å². The summed E-state index contributed by atoms with van der Waals surface area (Å²) in [7, 11) is -0.354. The summed E-state index contributed by atoms with van der Waals surface area (Å²) in [5.74, 6) is 11.7. The molecule has 1 N–H and O–H groups in total. The average molecular weight is 773 g/mol. The number of hydrogen-bond donors (Lipinski definition) is 1. The Bertz CT molecular complexity index is 1240. The Morgan fingerprint density at radius 3 is 2.20 bits per heavy atom. The highest BCUT2D eigenvalue weighted by Gasteiger charge is 2.41. The third kappa shape index (κ3) is 16.8. The van der Waals surface area contributed by atoms with Gasteiger partial charge in [0.1, 0.15) is 19.0 Å². The number of carbonyl (C=O) groups is 1. The minimum Gasteiger partial charge on any atom is -0.455 e. The summed E-state index contributed by atoms with van der Waals surface area (Å²) in [6.45, 7) is 15.6. The van der Waals surface area contributed by atoms with Crippen LogP contribution in [-0.4, -0.2) is 82.1 Å². The normalized spacial score (nSPS) is 24.9. The minimum atomic E-state index is -2.03. The molecule has 0 unspecified atom stereocenters. The van der Waals surface area contributed by atoms with Crippen LogP contribution in [0.5, 0.6) is 0 Å². The molecule has 8 atom stereocenters. The Labute approximate surface area is 330 Å². The van der Waals surface area contributed by atoms with Crippen molar-refractivity contribution in [2.75, 3.05) is 13.9 Å². The third-order valence-electron chi connectivity index (χ3n) is 11.7. The van der Waals surface area contributed by atoms with E-state index < -0.39 is 14.4 Å². The highest BCUT2D eigenvalue weighted by Crippen LogP contribution is 2.39. The Morgan fingerprint density at radius 2 is 1.56 bits per heavy atom. The number of hydrogen-bond acceptors (Lipinski definition) is 8. The van der Waals surface area contributed by atoms with Crippen molar-refractivity contribution in [1.82, 2.24) is 0 Å². The van der Waals surface area contributed by atoms with E-state index in [1.54, 1.807) is 7.11 Å². The minimum absolute atomic E-state index is 0.00237. The van der Waals surface area contributed by atoms with Gasteiger partial charge in [0.25, 0.3) is 0 Å². The van der Waals surface area contributed by atoms with Gasteiger partial charge in [-0.05, 0) is 94.3 Å². The number of aliphatic hydroxyl groups is 1. The second-order valence-corrected chi connectivity index (χ2v) is 22.2. The maximum absolute atomic E-state index is 12.3. The largest absolute Gasteiger partial charge is 0.455 e. The van der Waals surface area contributed by atoms with E-state index in [2.05, 4.69) is 64.5 Å². The van der Waals surface area contributed by atoms with E-state index >= 15 is 0 Å². The van der Waals surface area contributed by atoms with Crippen molar-refractivity contribution < 1.29 is 38.0 Å². The first-order chi connectivity index (χ1) is 25.8. The van der Waals surface area contributed by atoms with E-state index in [0.717, 1.165) is 57.8 Å². The molecule has 3 aliphatic rings. The Balaban J connectivity index is 1.42. The molecule has 3 aliphatic heterocycles. The lowest BCUT2D eigenvalue weighted by atomic mass is 9.96. The Morgan fingerprint density at radius 1 is 0.889 bits per heavy atom. The molecule has 0 aromatic carbocycles. The average Bonchev–Trinajstić information content (AvgIpc) is 3.74. The molecule has 0 radical (unpaired) electrons. The lowest BCUT2D eigenvalue weighted by molar-refractivity contribution is -0.167. The first-order valence-corrected chi connectivity index (χ1v) is 24.4. The zero-order valence-corrected chi connectivity index (χ0v) is 36.4. The molecule has 0 spiro atoms. The van der Waals surface area contributed by atoms with Crippen molar-refractivity contribution in [2.24, 2.45) is 0 Å². The van der Waals surface area contributed by atoms with Crippen molar-refractivity contribution in [3.8, 4) is 23.7 Å². The molecule has 0 amide bonds. The number of rotatable bonds is 24. The van der Waals surface area contributed by atoms with Gasteiger partial charge >= 0.3 is 5.97 Å². The molecular weight excluding hydrogens is 697 g/mol. The quantitative estimate of drug-likeness (QED) is 0.0341. The number of carbonyl (C=O) groups excluding carboxylic acids is 1. The number of aliphatic hydroxyl groups excluding tert-OH is 1.